The largest absolute Gasteiger partial charge is 0.416 e. The quantitative estimate of drug-likeness (QED) is 0.204. The molecule has 0 N–H and O–H groups in total. The molecule has 0 radical (unpaired) electrons. The minimum atomic E-state index is -4.54. The van der Waals surface area contributed by atoms with Crippen molar-refractivity contribution in [3.8, 4) is 5.75 Å². The van der Waals surface area contributed by atoms with E-state index in [0.717, 1.165) is 42.5 Å². The highest BCUT2D eigenvalue weighted by atomic mass is 19.4. The first-order valence-corrected chi connectivity index (χ1v) is 6.68. The van der Waals surface area contributed by atoms with Gasteiger partial charge in [0.1, 0.15) is 5.82 Å². The molecule has 0 amide bonds. The van der Waals surface area contributed by atoms with Crippen molar-refractivity contribution in [2.45, 2.75) is 6.18 Å². The van der Waals surface area contributed by atoms with E-state index < -0.39 is 39.9 Å². The van der Waals surface area contributed by atoms with E-state index in [2.05, 4.69) is 4.74 Å². The average molecular weight is 355 g/mol. The smallest absolute Gasteiger partial charge is 0.416 e. The van der Waals surface area contributed by atoms with Crippen LogP contribution < -0.4 is 4.74 Å². The van der Waals surface area contributed by atoms with Gasteiger partial charge in [-0.2, -0.15) is 13.2 Å². The van der Waals surface area contributed by atoms with Gasteiger partial charge in [0.05, 0.1) is 10.5 Å². The van der Waals surface area contributed by atoms with Crippen molar-refractivity contribution in [1.82, 2.24) is 0 Å². The van der Waals surface area contributed by atoms with Gasteiger partial charge in [-0.1, -0.05) is 12.1 Å². The highest BCUT2D eigenvalue weighted by molar-refractivity contribution is 5.89. The lowest BCUT2D eigenvalue weighted by atomic mass is 10.1. The van der Waals surface area contributed by atoms with Crippen molar-refractivity contribution >= 4 is 17.7 Å². The molecule has 0 spiro atoms. The summed E-state index contributed by atoms with van der Waals surface area (Å²) in [5.74, 6) is -2.56. The standard InChI is InChI=1S/C16H9F4NO4/c17-12-5-6-13(21(23)24)14(9-12)25-15(22)7-4-10-2-1-3-11(8-10)16(18,19)20/h1-9H. The number of hydrogen-bond acceptors (Lipinski definition) is 4. The van der Waals surface area contributed by atoms with Crippen LogP contribution in [0.5, 0.6) is 5.75 Å². The second kappa shape index (κ2) is 7.12. The number of hydrogen-bond donors (Lipinski definition) is 0. The number of nitrogens with zero attached hydrogens (tertiary/aromatic N) is 1. The molecule has 0 aliphatic heterocycles. The fourth-order valence-electron chi connectivity index (χ4n) is 1.85. The Balaban J connectivity index is 2.17. The Labute approximate surface area is 138 Å². The SMILES string of the molecule is O=C(C=Cc1cccc(C(F)(F)F)c1)Oc1cc(F)ccc1[N+](=O)[O-]. The number of carbonyl (C=O) groups is 1. The molecule has 0 heterocycles. The van der Waals surface area contributed by atoms with Gasteiger partial charge in [0.2, 0.25) is 5.75 Å². The van der Waals surface area contributed by atoms with Crippen molar-refractivity contribution in [3.05, 3.63) is 75.6 Å². The molecule has 0 atom stereocenters. The Bertz CT molecular complexity index is 846. The molecule has 130 valence electrons. The van der Waals surface area contributed by atoms with Gasteiger partial charge in [-0.3, -0.25) is 10.1 Å². The van der Waals surface area contributed by atoms with Crippen LogP contribution in [0.3, 0.4) is 0 Å². The van der Waals surface area contributed by atoms with Crippen LogP contribution in [-0.2, 0) is 11.0 Å². The minimum Gasteiger partial charge on any atom is -0.416 e. The molecule has 2 aromatic carbocycles. The molecule has 0 aromatic heterocycles. The van der Waals surface area contributed by atoms with Crippen molar-refractivity contribution in [3.63, 3.8) is 0 Å². The molecule has 2 aromatic rings. The first-order chi connectivity index (χ1) is 11.7. The summed E-state index contributed by atoms with van der Waals surface area (Å²) in [6, 6.07) is 6.48. The molecule has 0 aliphatic rings. The zero-order valence-electron chi connectivity index (χ0n) is 12.3. The number of nitro benzene ring substituents is 1. The Morgan fingerprint density at radius 3 is 2.52 bits per heavy atom. The zero-order chi connectivity index (χ0) is 18.6. The number of halogens is 4. The third-order valence-corrected chi connectivity index (χ3v) is 2.95. The highest BCUT2D eigenvalue weighted by Gasteiger charge is 2.30. The lowest BCUT2D eigenvalue weighted by molar-refractivity contribution is -0.385. The summed E-state index contributed by atoms with van der Waals surface area (Å²) < 4.78 is 55.6. The van der Waals surface area contributed by atoms with Crippen molar-refractivity contribution < 1.29 is 32.0 Å². The van der Waals surface area contributed by atoms with Gasteiger partial charge in [-0.05, 0) is 29.8 Å². The van der Waals surface area contributed by atoms with E-state index in [1.54, 1.807) is 0 Å². The Hall–Kier alpha value is -3.23. The Morgan fingerprint density at radius 2 is 1.88 bits per heavy atom. The van der Waals surface area contributed by atoms with E-state index in [-0.39, 0.29) is 5.56 Å². The van der Waals surface area contributed by atoms with Gasteiger partial charge in [0.25, 0.3) is 0 Å². The number of esters is 1. The van der Waals surface area contributed by atoms with E-state index in [1.807, 2.05) is 0 Å². The van der Waals surface area contributed by atoms with E-state index in [0.29, 0.717) is 6.07 Å². The average Bonchev–Trinajstić information content (AvgIpc) is 2.52. The van der Waals surface area contributed by atoms with E-state index >= 15 is 0 Å². The summed E-state index contributed by atoms with van der Waals surface area (Å²) >= 11 is 0. The monoisotopic (exact) mass is 355 g/mol. The number of benzene rings is 2. The summed E-state index contributed by atoms with van der Waals surface area (Å²) in [4.78, 5) is 21.6. The van der Waals surface area contributed by atoms with Crippen LogP contribution in [0.1, 0.15) is 11.1 Å². The summed E-state index contributed by atoms with van der Waals surface area (Å²) in [5, 5.41) is 10.8. The van der Waals surface area contributed by atoms with Gasteiger partial charge < -0.3 is 4.74 Å². The zero-order valence-corrected chi connectivity index (χ0v) is 12.3. The maximum atomic E-state index is 13.1. The first-order valence-electron chi connectivity index (χ1n) is 6.68. The third kappa shape index (κ3) is 4.87. The maximum absolute atomic E-state index is 13.1. The predicted molar refractivity (Wildman–Crippen MR) is 79.2 cm³/mol. The van der Waals surface area contributed by atoms with Crippen molar-refractivity contribution in [2.75, 3.05) is 0 Å². The Kier molecular flexibility index (Phi) is 5.16. The summed E-state index contributed by atoms with van der Waals surface area (Å²) in [6.07, 6.45) is -2.71. The van der Waals surface area contributed by atoms with Crippen LogP contribution in [0.4, 0.5) is 23.2 Å². The fraction of sp³-hybridized carbons (Fsp3) is 0.0625. The van der Waals surface area contributed by atoms with Gasteiger partial charge >= 0.3 is 17.8 Å². The molecule has 0 unspecified atom stereocenters. The first kappa shape index (κ1) is 18.1. The van der Waals surface area contributed by atoms with Crippen LogP contribution in [0.25, 0.3) is 6.08 Å². The van der Waals surface area contributed by atoms with Crippen molar-refractivity contribution in [2.24, 2.45) is 0 Å². The van der Waals surface area contributed by atoms with Crippen LogP contribution in [0.2, 0.25) is 0 Å². The molecule has 0 bridgehead atoms. The second-order valence-electron chi connectivity index (χ2n) is 4.75. The van der Waals surface area contributed by atoms with Gasteiger partial charge in [0.15, 0.2) is 0 Å². The molecule has 0 aliphatic carbocycles. The molecule has 5 nitrogen and oxygen atoms in total. The number of ether oxygens (including phenoxy) is 1. The number of rotatable bonds is 4. The third-order valence-electron chi connectivity index (χ3n) is 2.95. The van der Waals surface area contributed by atoms with Crippen LogP contribution in [0.15, 0.2) is 48.5 Å². The summed E-state index contributed by atoms with van der Waals surface area (Å²) in [6.45, 7) is 0. The van der Waals surface area contributed by atoms with E-state index in [9.17, 15) is 32.5 Å². The second-order valence-corrected chi connectivity index (χ2v) is 4.75. The van der Waals surface area contributed by atoms with Gasteiger partial charge in [-0.15, -0.1) is 0 Å². The van der Waals surface area contributed by atoms with Gasteiger partial charge in [0, 0.05) is 18.2 Å². The number of carbonyl (C=O) groups excluding carboxylic acids is 1. The lowest BCUT2D eigenvalue weighted by Gasteiger charge is -2.06. The van der Waals surface area contributed by atoms with E-state index in [1.165, 1.54) is 6.07 Å². The molecular formula is C16H9F4NO4. The lowest BCUT2D eigenvalue weighted by Crippen LogP contribution is -2.06. The minimum absolute atomic E-state index is 0.0699. The van der Waals surface area contributed by atoms with Crippen LogP contribution in [-0.4, -0.2) is 10.9 Å². The Morgan fingerprint density at radius 1 is 1.16 bits per heavy atom. The number of alkyl halides is 3. The predicted octanol–water partition coefficient (Wildman–Crippen LogP) is 4.37. The van der Waals surface area contributed by atoms with Crippen molar-refractivity contribution in [1.29, 1.82) is 0 Å². The van der Waals surface area contributed by atoms with Gasteiger partial charge in [-0.25, -0.2) is 9.18 Å². The molecule has 9 heteroatoms. The van der Waals surface area contributed by atoms with Crippen LogP contribution in [0, 0.1) is 15.9 Å². The highest BCUT2D eigenvalue weighted by Crippen LogP contribution is 2.30. The molecular weight excluding hydrogens is 346 g/mol. The molecule has 2 rings (SSSR count). The fourth-order valence-corrected chi connectivity index (χ4v) is 1.85. The molecule has 25 heavy (non-hydrogen) atoms. The summed E-state index contributed by atoms with van der Waals surface area (Å²) in [7, 11) is 0. The summed E-state index contributed by atoms with van der Waals surface area (Å²) in [5.41, 5.74) is -1.45. The van der Waals surface area contributed by atoms with E-state index in [4.69, 9.17) is 0 Å². The molecule has 0 saturated heterocycles. The van der Waals surface area contributed by atoms with Crippen LogP contribution >= 0.6 is 0 Å². The molecule has 0 saturated carbocycles. The maximum Gasteiger partial charge on any atom is 0.416 e. The number of nitro groups is 1. The normalized spacial score (nSPS) is 11.5. The molecule has 0 fully saturated rings. The topological polar surface area (TPSA) is 69.4 Å².